The molecule has 0 spiro atoms. The number of rotatable bonds is 4. The largest absolute Gasteiger partial charge is 0.409 e. The first-order chi connectivity index (χ1) is 16.9. The second-order valence-electron chi connectivity index (χ2n) is 11.3. The highest BCUT2D eigenvalue weighted by Crippen LogP contribution is 2.41. The number of sulfone groups is 1. The number of halogens is 4. The molecule has 0 aromatic rings. The van der Waals surface area contributed by atoms with Crippen LogP contribution in [-0.4, -0.2) is 103 Å². The van der Waals surface area contributed by atoms with Gasteiger partial charge in [-0.1, -0.05) is 0 Å². The van der Waals surface area contributed by atoms with Crippen LogP contribution in [0.4, 0.5) is 13.2 Å². The Bertz CT molecular complexity index is 932. The van der Waals surface area contributed by atoms with Crippen LogP contribution in [0, 0.1) is 11.8 Å². The second-order valence-corrected chi connectivity index (χ2v) is 14.0. The molecule has 8 nitrogen and oxygen atoms in total. The van der Waals surface area contributed by atoms with Gasteiger partial charge in [-0.3, -0.25) is 15.0 Å². The number of hydrazine groups is 1. The van der Waals surface area contributed by atoms with Gasteiger partial charge < -0.3 is 4.90 Å². The van der Waals surface area contributed by atoms with Crippen molar-refractivity contribution in [2.24, 2.45) is 11.8 Å². The van der Waals surface area contributed by atoms with Crippen molar-refractivity contribution in [3.63, 3.8) is 0 Å². The fourth-order valence-electron chi connectivity index (χ4n) is 7.44. The maximum Gasteiger partial charge on any atom is 0.409 e. The minimum Gasteiger partial charge on any atom is -0.333 e. The van der Waals surface area contributed by atoms with Crippen LogP contribution in [0.1, 0.15) is 51.4 Å². The zero-order valence-corrected chi connectivity index (χ0v) is 22.2. The third kappa shape index (κ3) is 5.27. The van der Waals surface area contributed by atoms with E-state index in [2.05, 4.69) is 20.7 Å². The van der Waals surface area contributed by atoms with E-state index >= 15 is 0 Å². The number of alkyl halides is 4. The zero-order chi connectivity index (χ0) is 25.8. The number of nitrogens with one attached hydrogen (secondary N) is 2. The topological polar surface area (TPSA) is 85.0 Å². The summed E-state index contributed by atoms with van der Waals surface area (Å²) in [5.41, 5.74) is 3.29. The first kappa shape index (κ1) is 26.9. The van der Waals surface area contributed by atoms with Gasteiger partial charge in [-0.15, -0.1) is 11.6 Å². The van der Waals surface area contributed by atoms with Crippen LogP contribution in [0.5, 0.6) is 0 Å². The van der Waals surface area contributed by atoms with E-state index in [0.29, 0.717) is 31.7 Å². The Kier molecular flexibility index (Phi) is 7.59. The van der Waals surface area contributed by atoms with Crippen molar-refractivity contribution in [1.82, 2.24) is 25.6 Å². The van der Waals surface area contributed by atoms with Crippen LogP contribution < -0.4 is 10.7 Å². The highest BCUT2D eigenvalue weighted by molar-refractivity contribution is 7.91. The molecule has 0 radical (unpaired) electrons. The molecule has 5 aliphatic rings. The molecule has 5 rings (SSSR count). The number of carbonyl (C=O) groups is 1. The smallest absolute Gasteiger partial charge is 0.333 e. The standard InChI is InChI=1S/C23H37ClF3N5O3S/c1-30(22(33)15-8-10-36(34,35)13-15)21(23(25,26)27)14-4-6-16(7-5-14)31-9-2-3-17-18(31)12-28-20-11-19(24)29-32(17)20/h14-21,28-29H,2-13H2,1H3/t14?,15?,16?,17?,18?,19?,20?,21-/m0/s1. The predicted molar refractivity (Wildman–Crippen MR) is 130 cm³/mol. The summed E-state index contributed by atoms with van der Waals surface area (Å²) in [5, 5.41) is 5.85. The Labute approximate surface area is 216 Å². The van der Waals surface area contributed by atoms with Crippen molar-refractivity contribution < 1.29 is 26.4 Å². The fourth-order valence-corrected chi connectivity index (χ4v) is 9.45. The van der Waals surface area contributed by atoms with Gasteiger partial charge in [-0.05, 0) is 57.4 Å². The molecular weight excluding hydrogens is 519 g/mol. The van der Waals surface area contributed by atoms with E-state index in [0.717, 1.165) is 37.3 Å². The monoisotopic (exact) mass is 555 g/mol. The molecule has 6 atom stereocenters. The minimum atomic E-state index is -4.56. The number of amides is 1. The summed E-state index contributed by atoms with van der Waals surface area (Å²) in [4.78, 5) is 16.2. The van der Waals surface area contributed by atoms with Crippen molar-refractivity contribution in [2.75, 3.05) is 31.6 Å². The molecule has 206 valence electrons. The van der Waals surface area contributed by atoms with Crippen LogP contribution in [0.3, 0.4) is 0 Å². The number of carbonyl (C=O) groups excluding carboxylic acids is 1. The van der Waals surface area contributed by atoms with Crippen LogP contribution in [-0.2, 0) is 14.6 Å². The number of likely N-dealkylation sites (tertiary alicyclic amines) is 1. The van der Waals surface area contributed by atoms with E-state index in [9.17, 15) is 26.4 Å². The molecule has 5 unspecified atom stereocenters. The lowest BCUT2D eigenvalue weighted by atomic mass is 9.78. The van der Waals surface area contributed by atoms with Gasteiger partial charge in [0.1, 0.15) is 6.04 Å². The van der Waals surface area contributed by atoms with Crippen LogP contribution in [0.25, 0.3) is 0 Å². The quantitative estimate of drug-likeness (QED) is 0.405. The summed E-state index contributed by atoms with van der Waals surface area (Å²) >= 11 is 6.33. The SMILES string of the molecule is CN(C(=O)C1CCS(=O)(=O)C1)[C@@H](C1CCC(N2CCCC3C2CNC2CC(Cl)NN23)CC1)C(F)(F)F. The molecule has 0 aromatic carbocycles. The molecule has 4 aliphatic heterocycles. The zero-order valence-electron chi connectivity index (χ0n) is 20.6. The van der Waals surface area contributed by atoms with Crippen molar-refractivity contribution in [3.8, 4) is 0 Å². The Balaban J connectivity index is 1.23. The third-order valence-electron chi connectivity index (χ3n) is 9.10. The Morgan fingerprint density at radius 3 is 2.47 bits per heavy atom. The lowest BCUT2D eigenvalue weighted by Crippen LogP contribution is -2.70. The third-order valence-corrected chi connectivity index (χ3v) is 11.1. The molecule has 0 aromatic heterocycles. The van der Waals surface area contributed by atoms with Crippen molar-refractivity contribution in [2.45, 2.75) is 93.4 Å². The van der Waals surface area contributed by atoms with Crippen LogP contribution in [0.2, 0.25) is 0 Å². The lowest BCUT2D eigenvalue weighted by Gasteiger charge is -2.53. The van der Waals surface area contributed by atoms with E-state index in [-0.39, 0.29) is 41.7 Å². The maximum absolute atomic E-state index is 14.2. The van der Waals surface area contributed by atoms with E-state index in [1.54, 1.807) is 0 Å². The van der Waals surface area contributed by atoms with Gasteiger partial charge in [-0.2, -0.15) is 13.2 Å². The highest BCUT2D eigenvalue weighted by Gasteiger charge is 2.52. The number of hydrogen-bond donors (Lipinski definition) is 2. The molecule has 1 amide bonds. The number of hydrogen-bond acceptors (Lipinski definition) is 7. The summed E-state index contributed by atoms with van der Waals surface area (Å²) in [6.07, 6.45) is 0.842. The Hall–Kier alpha value is -0.660. The summed E-state index contributed by atoms with van der Waals surface area (Å²) in [6, 6.07) is -1.04. The van der Waals surface area contributed by atoms with Crippen molar-refractivity contribution >= 4 is 27.3 Å². The number of piperidine rings is 1. The van der Waals surface area contributed by atoms with Gasteiger partial charge in [0, 0.05) is 38.1 Å². The molecule has 36 heavy (non-hydrogen) atoms. The highest BCUT2D eigenvalue weighted by atomic mass is 35.5. The average molecular weight is 556 g/mol. The minimum absolute atomic E-state index is 0.0876. The molecular formula is C23H37ClF3N5O3S. The molecule has 13 heteroatoms. The van der Waals surface area contributed by atoms with E-state index in [1.165, 1.54) is 7.05 Å². The molecule has 1 saturated carbocycles. The summed E-state index contributed by atoms with van der Waals surface area (Å²) < 4.78 is 66.3. The second kappa shape index (κ2) is 10.1. The summed E-state index contributed by atoms with van der Waals surface area (Å²) in [7, 11) is -2.15. The molecule has 0 bridgehead atoms. The summed E-state index contributed by atoms with van der Waals surface area (Å²) in [5.74, 6) is -2.74. The van der Waals surface area contributed by atoms with Gasteiger partial charge in [0.15, 0.2) is 9.84 Å². The Morgan fingerprint density at radius 2 is 1.83 bits per heavy atom. The van der Waals surface area contributed by atoms with Gasteiger partial charge in [0.25, 0.3) is 0 Å². The van der Waals surface area contributed by atoms with E-state index in [4.69, 9.17) is 11.6 Å². The van der Waals surface area contributed by atoms with Crippen LogP contribution >= 0.6 is 11.6 Å². The maximum atomic E-state index is 14.2. The number of nitrogens with zero attached hydrogens (tertiary/aromatic N) is 3. The Morgan fingerprint density at radius 1 is 1.11 bits per heavy atom. The van der Waals surface area contributed by atoms with Crippen LogP contribution in [0.15, 0.2) is 0 Å². The molecule has 5 fully saturated rings. The molecule has 2 N–H and O–H groups in total. The van der Waals surface area contributed by atoms with E-state index < -0.39 is 39.8 Å². The van der Waals surface area contributed by atoms with E-state index in [1.807, 2.05) is 0 Å². The van der Waals surface area contributed by atoms with Gasteiger partial charge in [-0.25, -0.2) is 18.9 Å². The van der Waals surface area contributed by atoms with Gasteiger partial charge >= 0.3 is 6.18 Å². The molecule has 1 aliphatic carbocycles. The first-order valence-corrected chi connectivity index (χ1v) is 15.4. The number of fused-ring (bicyclic) bond motifs is 3. The van der Waals surface area contributed by atoms with Gasteiger partial charge in [0.2, 0.25) is 5.91 Å². The molecule has 4 saturated heterocycles. The normalized spacial score (nSPS) is 40.4. The van der Waals surface area contributed by atoms with Gasteiger partial charge in [0.05, 0.1) is 29.1 Å². The predicted octanol–water partition coefficient (Wildman–Crippen LogP) is 1.91. The first-order valence-electron chi connectivity index (χ1n) is 13.2. The van der Waals surface area contributed by atoms with Crippen molar-refractivity contribution in [3.05, 3.63) is 0 Å². The lowest BCUT2D eigenvalue weighted by molar-refractivity contribution is -0.202. The van der Waals surface area contributed by atoms with Crippen molar-refractivity contribution in [1.29, 1.82) is 0 Å². The summed E-state index contributed by atoms with van der Waals surface area (Å²) in [6.45, 7) is 1.79. The fraction of sp³-hybridized carbons (Fsp3) is 0.957. The molecule has 4 heterocycles. The average Bonchev–Trinajstić information content (AvgIpc) is 3.38.